The van der Waals surface area contributed by atoms with E-state index in [1.54, 1.807) is 0 Å². The van der Waals surface area contributed by atoms with E-state index in [0.29, 0.717) is 0 Å². The van der Waals surface area contributed by atoms with Crippen LogP contribution in [0, 0.1) is 4.77 Å². The quantitative estimate of drug-likeness (QED) is 0.791. The molecule has 0 saturated carbocycles. The molecule has 0 aliphatic heterocycles. The summed E-state index contributed by atoms with van der Waals surface area (Å²) in [6, 6.07) is 6.25. The Hall–Kier alpha value is -0.610. The van der Waals surface area contributed by atoms with Gasteiger partial charge in [0.05, 0.1) is 11.0 Å². The molecular weight excluding hydrogens is 296 g/mol. The topological polar surface area (TPSA) is 20.7 Å². The maximum absolute atomic E-state index is 5.45. The summed E-state index contributed by atoms with van der Waals surface area (Å²) in [5, 5.41) is 0. The zero-order chi connectivity index (χ0) is 12.6. The molecule has 17 heavy (non-hydrogen) atoms. The third-order valence-electron chi connectivity index (χ3n) is 3.11. The molecule has 0 aliphatic carbocycles. The Balaban J connectivity index is 2.69. The van der Waals surface area contributed by atoms with Crippen LogP contribution in [-0.2, 0) is 5.54 Å². The minimum absolute atomic E-state index is 0.0535. The first kappa shape index (κ1) is 12.8. The van der Waals surface area contributed by atoms with Gasteiger partial charge in [-0.1, -0.05) is 29.3 Å². The molecule has 0 aliphatic rings. The number of hydrogen-bond donors (Lipinski definition) is 1. The molecular formula is C13H17BrN2S. The first-order chi connectivity index (χ1) is 7.95. The fourth-order valence-electron chi connectivity index (χ4n) is 2.41. The van der Waals surface area contributed by atoms with Gasteiger partial charge in [0.15, 0.2) is 4.77 Å². The minimum Gasteiger partial charge on any atom is -0.331 e. The highest BCUT2D eigenvalue weighted by Gasteiger charge is 2.22. The SMILES string of the molecule is CCCC(C)(C)n1c(=S)[nH]c2cc(Br)ccc21. The number of H-pyrrole nitrogens is 1. The second kappa shape index (κ2) is 4.58. The second-order valence-corrected chi connectivity index (χ2v) is 6.29. The number of nitrogens with zero attached hydrogens (tertiary/aromatic N) is 1. The van der Waals surface area contributed by atoms with Gasteiger partial charge in [-0.2, -0.15) is 0 Å². The highest BCUT2D eigenvalue weighted by molar-refractivity contribution is 9.10. The Kier molecular flexibility index (Phi) is 3.46. The molecule has 0 unspecified atom stereocenters. The Morgan fingerprint density at radius 1 is 1.41 bits per heavy atom. The molecule has 4 heteroatoms. The summed E-state index contributed by atoms with van der Waals surface area (Å²) in [6.07, 6.45) is 2.27. The highest BCUT2D eigenvalue weighted by Crippen LogP contribution is 2.28. The van der Waals surface area contributed by atoms with Gasteiger partial charge >= 0.3 is 0 Å². The maximum atomic E-state index is 5.45. The van der Waals surface area contributed by atoms with Crippen LogP contribution in [0.25, 0.3) is 11.0 Å². The van der Waals surface area contributed by atoms with Crippen molar-refractivity contribution < 1.29 is 0 Å². The summed E-state index contributed by atoms with van der Waals surface area (Å²) in [7, 11) is 0. The summed E-state index contributed by atoms with van der Waals surface area (Å²) in [4.78, 5) is 3.28. The Morgan fingerprint density at radius 3 is 2.76 bits per heavy atom. The predicted octanol–water partition coefficient (Wildman–Crippen LogP) is 5.00. The van der Waals surface area contributed by atoms with Gasteiger partial charge < -0.3 is 9.55 Å². The Morgan fingerprint density at radius 2 is 2.12 bits per heavy atom. The molecule has 0 bridgehead atoms. The predicted molar refractivity (Wildman–Crippen MR) is 79.1 cm³/mol. The standard InChI is InChI=1S/C13H17BrN2S/c1-4-7-13(2,3)16-11-6-5-9(14)8-10(11)15-12(16)17/h5-6,8H,4,7H2,1-3H3,(H,15,17). The molecule has 0 spiro atoms. The molecule has 0 fully saturated rings. The van der Waals surface area contributed by atoms with Crippen LogP contribution in [0.3, 0.4) is 0 Å². The number of nitrogens with one attached hydrogen (secondary N) is 1. The third-order valence-corrected chi connectivity index (χ3v) is 3.89. The Bertz CT molecular complexity index is 595. The molecule has 2 aromatic rings. The lowest BCUT2D eigenvalue weighted by Gasteiger charge is -2.27. The first-order valence-electron chi connectivity index (χ1n) is 5.86. The van der Waals surface area contributed by atoms with Gasteiger partial charge in [0, 0.05) is 10.0 Å². The van der Waals surface area contributed by atoms with Crippen LogP contribution in [0.2, 0.25) is 0 Å². The van der Waals surface area contributed by atoms with Crippen molar-refractivity contribution in [3.8, 4) is 0 Å². The van der Waals surface area contributed by atoms with Gasteiger partial charge in [-0.25, -0.2) is 0 Å². The van der Waals surface area contributed by atoms with E-state index in [1.165, 1.54) is 5.52 Å². The van der Waals surface area contributed by atoms with Crippen molar-refractivity contribution >= 4 is 39.2 Å². The van der Waals surface area contributed by atoms with Gasteiger partial charge in [0.25, 0.3) is 0 Å². The van der Waals surface area contributed by atoms with Crippen LogP contribution in [0.15, 0.2) is 22.7 Å². The van der Waals surface area contributed by atoms with Crippen molar-refractivity contribution in [3.05, 3.63) is 27.4 Å². The molecule has 2 rings (SSSR count). The van der Waals surface area contributed by atoms with E-state index in [9.17, 15) is 0 Å². The Labute approximate surface area is 115 Å². The number of aromatic amines is 1. The van der Waals surface area contributed by atoms with Crippen molar-refractivity contribution in [2.45, 2.75) is 39.2 Å². The fourth-order valence-corrected chi connectivity index (χ4v) is 3.22. The molecule has 0 atom stereocenters. The molecule has 0 radical (unpaired) electrons. The lowest BCUT2D eigenvalue weighted by atomic mass is 9.98. The van der Waals surface area contributed by atoms with Crippen LogP contribution in [0.4, 0.5) is 0 Å². The van der Waals surface area contributed by atoms with Crippen molar-refractivity contribution in [2.24, 2.45) is 0 Å². The average molecular weight is 313 g/mol. The van der Waals surface area contributed by atoms with E-state index >= 15 is 0 Å². The minimum atomic E-state index is 0.0535. The van der Waals surface area contributed by atoms with Crippen LogP contribution in [0.1, 0.15) is 33.6 Å². The zero-order valence-electron chi connectivity index (χ0n) is 10.4. The molecule has 1 heterocycles. The lowest BCUT2D eigenvalue weighted by molar-refractivity contribution is 0.330. The fraction of sp³-hybridized carbons (Fsp3) is 0.462. The average Bonchev–Trinajstić information content (AvgIpc) is 2.53. The van der Waals surface area contributed by atoms with Crippen LogP contribution in [0.5, 0.6) is 0 Å². The van der Waals surface area contributed by atoms with Crippen molar-refractivity contribution in [2.75, 3.05) is 0 Å². The molecule has 0 amide bonds. The van der Waals surface area contributed by atoms with Crippen LogP contribution in [-0.4, -0.2) is 9.55 Å². The largest absolute Gasteiger partial charge is 0.331 e. The summed E-state index contributed by atoms with van der Waals surface area (Å²) in [5.74, 6) is 0. The van der Waals surface area contributed by atoms with Gasteiger partial charge in [0.2, 0.25) is 0 Å². The number of rotatable bonds is 3. The van der Waals surface area contributed by atoms with Crippen molar-refractivity contribution in [1.29, 1.82) is 0 Å². The molecule has 1 aromatic carbocycles. The van der Waals surface area contributed by atoms with Crippen LogP contribution < -0.4 is 0 Å². The first-order valence-corrected chi connectivity index (χ1v) is 7.06. The van der Waals surface area contributed by atoms with Crippen molar-refractivity contribution in [3.63, 3.8) is 0 Å². The molecule has 1 N–H and O–H groups in total. The van der Waals surface area contributed by atoms with E-state index in [4.69, 9.17) is 12.2 Å². The molecule has 92 valence electrons. The van der Waals surface area contributed by atoms with E-state index in [-0.39, 0.29) is 5.54 Å². The lowest BCUT2D eigenvalue weighted by Crippen LogP contribution is -2.25. The van der Waals surface area contributed by atoms with Crippen molar-refractivity contribution in [1.82, 2.24) is 9.55 Å². The zero-order valence-corrected chi connectivity index (χ0v) is 12.8. The summed E-state index contributed by atoms with van der Waals surface area (Å²) in [6.45, 7) is 6.68. The molecule has 2 nitrogen and oxygen atoms in total. The smallest absolute Gasteiger partial charge is 0.178 e. The number of halogens is 1. The summed E-state index contributed by atoms with van der Waals surface area (Å²) in [5.41, 5.74) is 2.32. The maximum Gasteiger partial charge on any atom is 0.178 e. The van der Waals surface area contributed by atoms with E-state index < -0.39 is 0 Å². The molecule has 0 saturated heterocycles. The van der Waals surface area contributed by atoms with E-state index in [0.717, 1.165) is 27.6 Å². The molecule has 1 aromatic heterocycles. The summed E-state index contributed by atoms with van der Waals surface area (Å²) >= 11 is 8.93. The van der Waals surface area contributed by atoms with Gasteiger partial charge in [-0.05, 0) is 50.7 Å². The van der Waals surface area contributed by atoms with E-state index in [1.807, 2.05) is 0 Å². The summed E-state index contributed by atoms with van der Waals surface area (Å²) < 4.78 is 4.10. The monoisotopic (exact) mass is 312 g/mol. The normalized spacial score (nSPS) is 12.2. The van der Waals surface area contributed by atoms with Gasteiger partial charge in [-0.3, -0.25) is 0 Å². The van der Waals surface area contributed by atoms with Gasteiger partial charge in [-0.15, -0.1) is 0 Å². The number of benzene rings is 1. The number of imidazole rings is 1. The van der Waals surface area contributed by atoms with Crippen LogP contribution >= 0.6 is 28.1 Å². The third kappa shape index (κ3) is 2.33. The highest BCUT2D eigenvalue weighted by atomic mass is 79.9. The number of hydrogen-bond acceptors (Lipinski definition) is 1. The van der Waals surface area contributed by atoms with Gasteiger partial charge in [0.1, 0.15) is 0 Å². The number of aromatic nitrogens is 2. The second-order valence-electron chi connectivity index (χ2n) is 4.99. The van der Waals surface area contributed by atoms with E-state index in [2.05, 4.69) is 64.5 Å². The number of fused-ring (bicyclic) bond motifs is 1.